The van der Waals surface area contributed by atoms with Gasteiger partial charge in [-0.1, -0.05) is 0 Å². The summed E-state index contributed by atoms with van der Waals surface area (Å²) in [5, 5.41) is 4.18. The number of carbonyl (C=O) groups is 1. The predicted octanol–water partition coefficient (Wildman–Crippen LogP) is 2.77. The number of carbonyl (C=O) groups excluding carboxylic acids is 1. The van der Waals surface area contributed by atoms with Crippen molar-refractivity contribution in [3.05, 3.63) is 35.8 Å². The summed E-state index contributed by atoms with van der Waals surface area (Å²) in [6.07, 6.45) is 5.72. The first-order chi connectivity index (χ1) is 8.60. The molecule has 0 saturated carbocycles. The summed E-state index contributed by atoms with van der Waals surface area (Å²) in [4.78, 5) is 14.7. The molecule has 0 N–H and O–H groups in total. The number of nitrogens with zero attached hydrogens (tertiary/aromatic N) is 3. The smallest absolute Gasteiger partial charge is 0.222 e. The third-order valence-electron chi connectivity index (χ3n) is 2.51. The highest BCUT2D eigenvalue weighted by Crippen LogP contribution is 2.23. The summed E-state index contributed by atoms with van der Waals surface area (Å²) < 4.78 is 7.44. The zero-order chi connectivity index (χ0) is 13.1. The topological polar surface area (TPSA) is 57.0 Å². The van der Waals surface area contributed by atoms with Gasteiger partial charge in [0, 0.05) is 23.4 Å². The number of rotatable bonds is 4. The van der Waals surface area contributed by atoms with Crippen molar-refractivity contribution in [3.63, 3.8) is 0 Å². The van der Waals surface area contributed by atoms with E-state index in [9.17, 15) is 4.79 Å². The van der Waals surface area contributed by atoms with E-state index in [4.69, 9.17) is 4.74 Å². The molecule has 5 heteroatoms. The minimum absolute atomic E-state index is 0.286. The molecule has 0 aliphatic carbocycles. The highest BCUT2D eigenvalue weighted by molar-refractivity contribution is 5.74. The predicted molar refractivity (Wildman–Crippen MR) is 67.0 cm³/mol. The molecule has 2 rings (SSSR count). The number of aldehydes is 1. The van der Waals surface area contributed by atoms with Crippen molar-refractivity contribution in [2.24, 2.45) is 0 Å². The van der Waals surface area contributed by atoms with Crippen molar-refractivity contribution < 1.29 is 9.53 Å². The Hall–Kier alpha value is -2.17. The van der Waals surface area contributed by atoms with Gasteiger partial charge in [0.2, 0.25) is 5.88 Å². The normalized spacial score (nSPS) is 10.7. The van der Waals surface area contributed by atoms with Crippen LogP contribution in [0.4, 0.5) is 0 Å². The number of hydrogen-bond donors (Lipinski definition) is 0. The van der Waals surface area contributed by atoms with E-state index in [1.165, 1.54) is 6.20 Å². The molecule has 2 aromatic heterocycles. The molecule has 0 radical (unpaired) electrons. The molecular weight excluding hydrogens is 230 g/mol. The van der Waals surface area contributed by atoms with Crippen LogP contribution in [0.3, 0.4) is 0 Å². The standard InChI is InChI=1S/C13H15N3O2/c1-9(2)16-7-12(6-15-16)18-13-10(3)4-11(8-17)5-14-13/h4-9H,1-3H3. The van der Waals surface area contributed by atoms with Gasteiger partial charge in [-0.15, -0.1) is 0 Å². The van der Waals surface area contributed by atoms with E-state index in [1.807, 2.05) is 31.6 Å². The second kappa shape index (κ2) is 5.00. The van der Waals surface area contributed by atoms with E-state index in [0.29, 0.717) is 17.2 Å². The maximum absolute atomic E-state index is 10.6. The molecule has 0 saturated heterocycles. The van der Waals surface area contributed by atoms with Crippen molar-refractivity contribution >= 4 is 6.29 Å². The molecule has 0 aliphatic heterocycles. The van der Waals surface area contributed by atoms with Gasteiger partial charge in [-0.3, -0.25) is 9.48 Å². The first-order valence-electron chi connectivity index (χ1n) is 5.74. The van der Waals surface area contributed by atoms with E-state index in [2.05, 4.69) is 10.1 Å². The Morgan fingerprint density at radius 2 is 2.17 bits per heavy atom. The molecule has 0 amide bonds. The molecule has 2 heterocycles. The van der Waals surface area contributed by atoms with Crippen molar-refractivity contribution in [2.75, 3.05) is 0 Å². The van der Waals surface area contributed by atoms with Gasteiger partial charge < -0.3 is 4.74 Å². The maximum atomic E-state index is 10.6. The number of ether oxygens (including phenoxy) is 1. The highest BCUT2D eigenvalue weighted by Gasteiger charge is 2.07. The lowest BCUT2D eigenvalue weighted by molar-refractivity contribution is 0.112. The molecule has 5 nitrogen and oxygen atoms in total. The molecule has 94 valence electrons. The second-order valence-corrected chi connectivity index (χ2v) is 4.36. The molecule has 0 spiro atoms. The lowest BCUT2D eigenvalue weighted by Gasteiger charge is -2.06. The lowest BCUT2D eigenvalue weighted by Crippen LogP contribution is -1.99. The SMILES string of the molecule is Cc1cc(C=O)cnc1Oc1cnn(C(C)C)c1. The van der Waals surface area contributed by atoms with E-state index in [0.717, 1.165) is 11.8 Å². The van der Waals surface area contributed by atoms with E-state index >= 15 is 0 Å². The summed E-state index contributed by atoms with van der Waals surface area (Å²) in [5.74, 6) is 1.13. The van der Waals surface area contributed by atoms with Crippen LogP contribution < -0.4 is 4.74 Å². The van der Waals surface area contributed by atoms with Crippen LogP contribution in [-0.2, 0) is 0 Å². The third-order valence-corrected chi connectivity index (χ3v) is 2.51. The van der Waals surface area contributed by atoms with Gasteiger partial charge in [-0.05, 0) is 26.8 Å². The Balaban J connectivity index is 2.20. The largest absolute Gasteiger partial charge is 0.435 e. The average molecular weight is 245 g/mol. The van der Waals surface area contributed by atoms with Crippen molar-refractivity contribution in [3.8, 4) is 11.6 Å². The van der Waals surface area contributed by atoms with Crippen molar-refractivity contribution in [1.29, 1.82) is 0 Å². The molecule has 2 aromatic rings. The van der Waals surface area contributed by atoms with E-state index in [1.54, 1.807) is 12.3 Å². The lowest BCUT2D eigenvalue weighted by atomic mass is 10.2. The molecule has 0 atom stereocenters. The summed E-state index contributed by atoms with van der Waals surface area (Å²) in [7, 11) is 0. The summed E-state index contributed by atoms with van der Waals surface area (Å²) in [6, 6.07) is 2.02. The molecular formula is C13H15N3O2. The van der Waals surface area contributed by atoms with Gasteiger partial charge in [0.05, 0.1) is 12.4 Å². The minimum atomic E-state index is 0.286. The monoisotopic (exact) mass is 245 g/mol. The van der Waals surface area contributed by atoms with Gasteiger partial charge in [0.15, 0.2) is 12.0 Å². The fourth-order valence-electron chi connectivity index (χ4n) is 1.52. The van der Waals surface area contributed by atoms with Gasteiger partial charge in [-0.25, -0.2) is 4.98 Å². The Morgan fingerprint density at radius 1 is 1.39 bits per heavy atom. The Kier molecular flexibility index (Phi) is 3.41. The van der Waals surface area contributed by atoms with Crippen LogP contribution in [-0.4, -0.2) is 21.1 Å². The van der Waals surface area contributed by atoms with Crippen molar-refractivity contribution in [2.45, 2.75) is 26.8 Å². The zero-order valence-electron chi connectivity index (χ0n) is 10.6. The Morgan fingerprint density at radius 3 is 2.72 bits per heavy atom. The fourth-order valence-corrected chi connectivity index (χ4v) is 1.52. The van der Waals surface area contributed by atoms with Gasteiger partial charge in [0.1, 0.15) is 0 Å². The van der Waals surface area contributed by atoms with E-state index < -0.39 is 0 Å². The second-order valence-electron chi connectivity index (χ2n) is 4.36. The minimum Gasteiger partial charge on any atom is -0.435 e. The quantitative estimate of drug-likeness (QED) is 0.777. The molecule has 0 unspecified atom stereocenters. The Labute approximate surface area is 105 Å². The molecule has 0 aliphatic rings. The average Bonchev–Trinajstić information content (AvgIpc) is 2.80. The van der Waals surface area contributed by atoms with Crippen LogP contribution in [0.25, 0.3) is 0 Å². The van der Waals surface area contributed by atoms with E-state index in [-0.39, 0.29) is 6.04 Å². The van der Waals surface area contributed by atoms with Gasteiger partial charge >= 0.3 is 0 Å². The van der Waals surface area contributed by atoms with Crippen LogP contribution in [0.5, 0.6) is 11.6 Å². The summed E-state index contributed by atoms with van der Waals surface area (Å²) >= 11 is 0. The third kappa shape index (κ3) is 2.56. The number of pyridine rings is 1. The number of aromatic nitrogens is 3. The number of hydrogen-bond acceptors (Lipinski definition) is 4. The van der Waals surface area contributed by atoms with Crippen LogP contribution in [0, 0.1) is 6.92 Å². The fraction of sp³-hybridized carbons (Fsp3) is 0.308. The molecule has 0 fully saturated rings. The van der Waals surface area contributed by atoms with Gasteiger partial charge in [0.25, 0.3) is 0 Å². The van der Waals surface area contributed by atoms with Gasteiger partial charge in [-0.2, -0.15) is 5.10 Å². The highest BCUT2D eigenvalue weighted by atomic mass is 16.5. The summed E-state index contributed by atoms with van der Waals surface area (Å²) in [6.45, 7) is 5.93. The first kappa shape index (κ1) is 12.3. The number of aryl methyl sites for hydroxylation is 1. The van der Waals surface area contributed by atoms with Crippen molar-refractivity contribution in [1.82, 2.24) is 14.8 Å². The molecule has 0 aromatic carbocycles. The maximum Gasteiger partial charge on any atom is 0.222 e. The first-order valence-corrected chi connectivity index (χ1v) is 5.74. The Bertz CT molecular complexity index is 561. The van der Waals surface area contributed by atoms with Crippen LogP contribution in [0.1, 0.15) is 35.8 Å². The van der Waals surface area contributed by atoms with Crippen LogP contribution in [0.2, 0.25) is 0 Å². The summed E-state index contributed by atoms with van der Waals surface area (Å²) in [5.41, 5.74) is 1.36. The molecule has 0 bridgehead atoms. The zero-order valence-corrected chi connectivity index (χ0v) is 10.6. The van der Waals surface area contributed by atoms with Crippen LogP contribution in [0.15, 0.2) is 24.7 Å². The van der Waals surface area contributed by atoms with Crippen LogP contribution >= 0.6 is 0 Å². The molecule has 18 heavy (non-hydrogen) atoms.